The van der Waals surface area contributed by atoms with Crippen LogP contribution in [0.15, 0.2) is 35.9 Å². The SMILES string of the molecule is Cc1n[nH]c(C)c1C(O)=C1C(=O)C(=O)N(CCN(C)C)[C@H]1c1ccccc1. The molecule has 142 valence electrons. The number of H-pyrrole nitrogens is 1. The van der Waals surface area contributed by atoms with Gasteiger partial charge in [0.05, 0.1) is 22.9 Å². The van der Waals surface area contributed by atoms with E-state index in [1.54, 1.807) is 13.8 Å². The molecule has 1 saturated heterocycles. The summed E-state index contributed by atoms with van der Waals surface area (Å²) in [4.78, 5) is 29.1. The number of aromatic amines is 1. The molecule has 1 amide bonds. The molecule has 7 nitrogen and oxygen atoms in total. The van der Waals surface area contributed by atoms with Crippen LogP contribution in [0.1, 0.15) is 28.6 Å². The van der Waals surface area contributed by atoms with Gasteiger partial charge in [0, 0.05) is 18.8 Å². The molecule has 0 aliphatic carbocycles. The lowest BCUT2D eigenvalue weighted by molar-refractivity contribution is -0.140. The third kappa shape index (κ3) is 3.38. The van der Waals surface area contributed by atoms with Crippen LogP contribution in [0.5, 0.6) is 0 Å². The van der Waals surface area contributed by atoms with E-state index in [-0.39, 0.29) is 11.3 Å². The minimum atomic E-state index is -0.667. The van der Waals surface area contributed by atoms with Crippen LogP contribution in [-0.2, 0) is 9.59 Å². The number of rotatable bonds is 5. The van der Waals surface area contributed by atoms with Gasteiger partial charge >= 0.3 is 0 Å². The topological polar surface area (TPSA) is 89.5 Å². The Hall–Kier alpha value is -2.93. The molecule has 0 saturated carbocycles. The summed E-state index contributed by atoms with van der Waals surface area (Å²) < 4.78 is 0. The van der Waals surface area contributed by atoms with Crippen LogP contribution < -0.4 is 0 Å². The highest BCUT2D eigenvalue weighted by molar-refractivity contribution is 6.46. The quantitative estimate of drug-likeness (QED) is 0.479. The minimum absolute atomic E-state index is 0.109. The molecule has 1 fully saturated rings. The molecule has 2 heterocycles. The Morgan fingerprint density at radius 3 is 2.44 bits per heavy atom. The van der Waals surface area contributed by atoms with Crippen molar-refractivity contribution in [3.05, 3.63) is 58.4 Å². The van der Waals surface area contributed by atoms with Gasteiger partial charge in [-0.15, -0.1) is 0 Å². The van der Waals surface area contributed by atoms with Crippen LogP contribution in [0.3, 0.4) is 0 Å². The van der Waals surface area contributed by atoms with E-state index in [2.05, 4.69) is 10.2 Å². The number of nitrogens with zero attached hydrogens (tertiary/aromatic N) is 3. The summed E-state index contributed by atoms with van der Waals surface area (Å²) in [6.45, 7) is 4.52. The molecule has 2 N–H and O–H groups in total. The Kier molecular flexibility index (Phi) is 5.14. The number of Topliss-reactive ketones (excluding diaryl/α,β-unsaturated/α-hetero) is 1. The fraction of sp³-hybridized carbons (Fsp3) is 0.350. The number of aryl methyl sites for hydroxylation is 2. The molecule has 0 radical (unpaired) electrons. The molecule has 27 heavy (non-hydrogen) atoms. The lowest BCUT2D eigenvalue weighted by atomic mass is 9.95. The van der Waals surface area contributed by atoms with Crippen molar-refractivity contribution in [2.75, 3.05) is 27.2 Å². The van der Waals surface area contributed by atoms with E-state index in [0.29, 0.717) is 30.0 Å². The van der Waals surface area contributed by atoms with Crippen LogP contribution >= 0.6 is 0 Å². The Morgan fingerprint density at radius 2 is 1.89 bits per heavy atom. The second-order valence-corrected chi connectivity index (χ2v) is 7.02. The Morgan fingerprint density at radius 1 is 1.22 bits per heavy atom. The number of aromatic nitrogens is 2. The Labute approximate surface area is 158 Å². The first-order chi connectivity index (χ1) is 12.8. The molecule has 1 aromatic carbocycles. The number of likely N-dealkylation sites (N-methyl/N-ethyl adjacent to an activating group) is 1. The van der Waals surface area contributed by atoms with Gasteiger partial charge in [-0.3, -0.25) is 14.7 Å². The molecule has 7 heteroatoms. The average molecular weight is 368 g/mol. The minimum Gasteiger partial charge on any atom is -0.507 e. The monoisotopic (exact) mass is 368 g/mol. The number of likely N-dealkylation sites (tertiary alicyclic amines) is 1. The zero-order chi connectivity index (χ0) is 19.7. The predicted octanol–water partition coefficient (Wildman–Crippen LogP) is 2.01. The summed E-state index contributed by atoms with van der Waals surface area (Å²) in [7, 11) is 3.82. The standard InChI is InChI=1S/C20H24N4O3/c1-12-15(13(2)22-21-12)18(25)16-17(14-8-6-5-7-9-14)24(11-10-23(3)4)20(27)19(16)26/h5-9,17,25H,10-11H2,1-4H3,(H,21,22)/t17-/m0/s1. The Bertz CT molecular complexity index is 880. The molecule has 3 rings (SSSR count). The van der Waals surface area contributed by atoms with Crippen molar-refractivity contribution >= 4 is 17.4 Å². The van der Waals surface area contributed by atoms with Gasteiger partial charge in [0.1, 0.15) is 5.76 Å². The van der Waals surface area contributed by atoms with Crippen LogP contribution in [0.4, 0.5) is 0 Å². The molecular formula is C20H24N4O3. The number of hydrogen-bond donors (Lipinski definition) is 2. The van der Waals surface area contributed by atoms with Gasteiger partial charge < -0.3 is 14.9 Å². The molecule has 0 spiro atoms. The second kappa shape index (κ2) is 7.36. The van der Waals surface area contributed by atoms with Crippen molar-refractivity contribution in [2.45, 2.75) is 19.9 Å². The number of aliphatic hydroxyl groups is 1. The Balaban J connectivity index is 2.17. The lowest BCUT2D eigenvalue weighted by Crippen LogP contribution is -2.35. The number of benzene rings is 1. The van der Waals surface area contributed by atoms with E-state index in [9.17, 15) is 14.7 Å². The summed E-state index contributed by atoms with van der Waals surface area (Å²) in [5.41, 5.74) is 2.60. The van der Waals surface area contributed by atoms with Gasteiger partial charge in [-0.25, -0.2) is 0 Å². The van der Waals surface area contributed by atoms with E-state index >= 15 is 0 Å². The molecule has 1 aliphatic heterocycles. The molecule has 1 atom stereocenters. The third-order valence-electron chi connectivity index (χ3n) is 4.81. The van der Waals surface area contributed by atoms with Crippen molar-refractivity contribution in [1.82, 2.24) is 20.0 Å². The van der Waals surface area contributed by atoms with E-state index in [4.69, 9.17) is 0 Å². The normalized spacial score (nSPS) is 19.3. The maximum atomic E-state index is 12.9. The molecule has 1 aromatic heterocycles. The summed E-state index contributed by atoms with van der Waals surface area (Å²) in [6.07, 6.45) is 0. The summed E-state index contributed by atoms with van der Waals surface area (Å²) in [5.74, 6) is -1.44. The second-order valence-electron chi connectivity index (χ2n) is 7.02. The fourth-order valence-electron chi connectivity index (χ4n) is 3.43. The highest BCUT2D eigenvalue weighted by atomic mass is 16.3. The average Bonchev–Trinajstić information content (AvgIpc) is 3.10. The molecule has 2 aromatic rings. The zero-order valence-electron chi connectivity index (χ0n) is 16.0. The first-order valence-corrected chi connectivity index (χ1v) is 8.83. The highest BCUT2D eigenvalue weighted by Crippen LogP contribution is 2.39. The van der Waals surface area contributed by atoms with Gasteiger partial charge in [-0.05, 0) is 33.5 Å². The molecule has 0 unspecified atom stereocenters. The zero-order valence-corrected chi connectivity index (χ0v) is 16.0. The molecule has 0 bridgehead atoms. The first kappa shape index (κ1) is 18.8. The van der Waals surface area contributed by atoms with E-state index in [1.807, 2.05) is 49.3 Å². The van der Waals surface area contributed by atoms with Crippen LogP contribution in [0.25, 0.3) is 5.76 Å². The molecular weight excluding hydrogens is 344 g/mol. The number of hydrogen-bond acceptors (Lipinski definition) is 5. The van der Waals surface area contributed by atoms with Crippen molar-refractivity contribution in [1.29, 1.82) is 0 Å². The maximum absolute atomic E-state index is 12.9. The first-order valence-electron chi connectivity index (χ1n) is 8.83. The van der Waals surface area contributed by atoms with Crippen LogP contribution in [-0.4, -0.2) is 64.0 Å². The summed E-state index contributed by atoms with van der Waals surface area (Å²) in [5, 5.41) is 17.9. The highest BCUT2D eigenvalue weighted by Gasteiger charge is 2.46. The lowest BCUT2D eigenvalue weighted by Gasteiger charge is -2.26. The number of nitrogens with one attached hydrogen (secondary N) is 1. The van der Waals surface area contributed by atoms with Crippen molar-refractivity contribution in [3.63, 3.8) is 0 Å². The summed E-state index contributed by atoms with van der Waals surface area (Å²) in [6, 6.07) is 8.69. The number of amides is 1. The van der Waals surface area contributed by atoms with Crippen molar-refractivity contribution in [3.8, 4) is 0 Å². The van der Waals surface area contributed by atoms with Gasteiger partial charge in [0.25, 0.3) is 11.7 Å². The number of carbonyl (C=O) groups is 2. The maximum Gasteiger partial charge on any atom is 0.295 e. The van der Waals surface area contributed by atoms with Gasteiger partial charge in [0.15, 0.2) is 0 Å². The van der Waals surface area contributed by atoms with Crippen molar-refractivity contribution in [2.24, 2.45) is 0 Å². The predicted molar refractivity (Wildman–Crippen MR) is 102 cm³/mol. The van der Waals surface area contributed by atoms with Gasteiger partial charge in [-0.2, -0.15) is 5.10 Å². The largest absolute Gasteiger partial charge is 0.507 e. The van der Waals surface area contributed by atoms with E-state index in [1.165, 1.54) is 4.90 Å². The molecule has 1 aliphatic rings. The van der Waals surface area contributed by atoms with Crippen molar-refractivity contribution < 1.29 is 14.7 Å². The smallest absolute Gasteiger partial charge is 0.295 e. The van der Waals surface area contributed by atoms with Crippen LogP contribution in [0, 0.1) is 13.8 Å². The van der Waals surface area contributed by atoms with E-state index < -0.39 is 17.7 Å². The fourth-order valence-corrected chi connectivity index (χ4v) is 3.43. The number of ketones is 1. The number of aliphatic hydroxyl groups excluding tert-OH is 1. The summed E-state index contributed by atoms with van der Waals surface area (Å²) >= 11 is 0. The number of carbonyl (C=O) groups excluding carboxylic acids is 2. The van der Waals surface area contributed by atoms with Crippen LogP contribution in [0.2, 0.25) is 0 Å². The van der Waals surface area contributed by atoms with E-state index in [0.717, 1.165) is 5.56 Å². The van der Waals surface area contributed by atoms with Gasteiger partial charge in [-0.1, -0.05) is 30.3 Å². The van der Waals surface area contributed by atoms with Gasteiger partial charge in [0.2, 0.25) is 0 Å². The third-order valence-corrected chi connectivity index (χ3v) is 4.81.